The van der Waals surface area contributed by atoms with E-state index in [1.54, 1.807) is 27.2 Å². The van der Waals surface area contributed by atoms with Crippen LogP contribution >= 0.6 is 0 Å². The first-order valence-corrected chi connectivity index (χ1v) is 6.02. The molecule has 0 N–H and O–H groups in total. The molecule has 4 heteroatoms. The van der Waals surface area contributed by atoms with Gasteiger partial charge in [-0.15, -0.1) is 0 Å². The number of benzene rings is 1. The molecule has 2 aromatic rings. The normalized spacial score (nSPS) is 11.4. The van der Waals surface area contributed by atoms with Crippen molar-refractivity contribution in [1.82, 2.24) is 4.98 Å². The highest BCUT2D eigenvalue weighted by molar-refractivity contribution is 5.92. The summed E-state index contributed by atoms with van der Waals surface area (Å²) >= 11 is 0. The minimum Gasteiger partial charge on any atom is -0.497 e. The lowest BCUT2D eigenvalue weighted by atomic mass is 9.86. The monoisotopic (exact) mass is 259 g/mol. The molecule has 0 unspecified atom stereocenters. The lowest BCUT2D eigenvalue weighted by Crippen LogP contribution is -2.31. The molecule has 0 radical (unpaired) electrons. The third kappa shape index (κ3) is 2.26. The third-order valence-corrected chi connectivity index (χ3v) is 3.26. The summed E-state index contributed by atoms with van der Waals surface area (Å²) < 4.78 is 10.1. The summed E-state index contributed by atoms with van der Waals surface area (Å²) in [6.45, 7) is 3.61. The molecule has 0 fully saturated rings. The Morgan fingerprint density at radius 2 is 1.95 bits per heavy atom. The van der Waals surface area contributed by atoms with Gasteiger partial charge in [-0.05, 0) is 37.4 Å². The van der Waals surface area contributed by atoms with Crippen LogP contribution < -0.4 is 4.74 Å². The van der Waals surface area contributed by atoms with E-state index in [2.05, 4.69) is 4.98 Å². The molecule has 0 atom stereocenters. The highest BCUT2D eigenvalue weighted by Gasteiger charge is 2.34. The van der Waals surface area contributed by atoms with Gasteiger partial charge in [0.1, 0.15) is 11.2 Å². The van der Waals surface area contributed by atoms with Crippen molar-refractivity contribution in [3.05, 3.63) is 36.2 Å². The number of pyridine rings is 1. The van der Waals surface area contributed by atoms with E-state index in [0.717, 1.165) is 16.5 Å². The first-order valence-electron chi connectivity index (χ1n) is 6.02. The van der Waals surface area contributed by atoms with Crippen LogP contribution in [-0.4, -0.2) is 25.2 Å². The van der Waals surface area contributed by atoms with Crippen molar-refractivity contribution >= 4 is 16.7 Å². The summed E-state index contributed by atoms with van der Waals surface area (Å²) in [6.07, 6.45) is 1.70. The minimum absolute atomic E-state index is 0.310. The smallest absolute Gasteiger partial charge is 0.317 e. The predicted molar refractivity (Wildman–Crippen MR) is 73.3 cm³/mol. The Kier molecular flexibility index (Phi) is 3.42. The van der Waals surface area contributed by atoms with Crippen LogP contribution in [0.3, 0.4) is 0 Å². The second-order valence-corrected chi connectivity index (χ2v) is 4.86. The van der Waals surface area contributed by atoms with Gasteiger partial charge in [-0.1, -0.05) is 6.07 Å². The van der Waals surface area contributed by atoms with E-state index < -0.39 is 5.41 Å². The minimum atomic E-state index is -0.805. The van der Waals surface area contributed by atoms with Crippen molar-refractivity contribution in [2.75, 3.05) is 14.2 Å². The van der Waals surface area contributed by atoms with Gasteiger partial charge in [0.15, 0.2) is 0 Å². The van der Waals surface area contributed by atoms with Crippen molar-refractivity contribution in [2.24, 2.45) is 0 Å². The molecule has 2 rings (SSSR count). The zero-order chi connectivity index (χ0) is 14.0. The molecule has 0 spiro atoms. The standard InChI is InChI=1S/C15H17NO3/c1-15(2,14(17)19-4)13-12-9-11(18-3)6-5-10(12)7-8-16-13/h5-9H,1-4H3. The second kappa shape index (κ2) is 4.88. The van der Waals surface area contributed by atoms with Crippen molar-refractivity contribution < 1.29 is 14.3 Å². The van der Waals surface area contributed by atoms with Crippen molar-refractivity contribution in [2.45, 2.75) is 19.3 Å². The molecule has 100 valence electrons. The molecule has 19 heavy (non-hydrogen) atoms. The summed E-state index contributed by atoms with van der Waals surface area (Å²) in [5.74, 6) is 0.428. The second-order valence-electron chi connectivity index (χ2n) is 4.86. The van der Waals surface area contributed by atoms with Gasteiger partial charge in [0.25, 0.3) is 0 Å². The zero-order valence-corrected chi connectivity index (χ0v) is 11.6. The Labute approximate surface area is 112 Å². The van der Waals surface area contributed by atoms with Gasteiger partial charge >= 0.3 is 5.97 Å². The van der Waals surface area contributed by atoms with E-state index in [9.17, 15) is 4.79 Å². The number of methoxy groups -OCH3 is 2. The number of hydrogen-bond donors (Lipinski definition) is 0. The number of rotatable bonds is 3. The largest absolute Gasteiger partial charge is 0.497 e. The quantitative estimate of drug-likeness (QED) is 0.795. The molecule has 0 amide bonds. The van der Waals surface area contributed by atoms with E-state index in [1.807, 2.05) is 24.3 Å². The first kappa shape index (κ1) is 13.3. The van der Waals surface area contributed by atoms with Crippen LogP contribution in [0.25, 0.3) is 10.8 Å². The average molecular weight is 259 g/mol. The number of aromatic nitrogens is 1. The van der Waals surface area contributed by atoms with Gasteiger partial charge in [-0.25, -0.2) is 0 Å². The van der Waals surface area contributed by atoms with Crippen molar-refractivity contribution in [3.63, 3.8) is 0 Å². The molecule has 0 aliphatic carbocycles. The summed E-state index contributed by atoms with van der Waals surface area (Å²) in [5, 5.41) is 1.92. The fraction of sp³-hybridized carbons (Fsp3) is 0.333. The number of carbonyl (C=O) groups is 1. The SMILES string of the molecule is COC(=O)C(C)(C)c1nccc2ccc(OC)cc12. The van der Waals surface area contributed by atoms with E-state index in [4.69, 9.17) is 9.47 Å². The van der Waals surface area contributed by atoms with E-state index in [1.165, 1.54) is 7.11 Å². The molecule has 0 bridgehead atoms. The van der Waals surface area contributed by atoms with Crippen LogP contribution in [0.4, 0.5) is 0 Å². The number of ether oxygens (including phenoxy) is 2. The Balaban J connectivity index is 2.69. The number of hydrogen-bond acceptors (Lipinski definition) is 4. The first-order chi connectivity index (χ1) is 9.00. The average Bonchev–Trinajstić information content (AvgIpc) is 2.44. The Morgan fingerprint density at radius 1 is 1.21 bits per heavy atom. The molecule has 0 aliphatic rings. The number of nitrogens with zero attached hydrogens (tertiary/aromatic N) is 1. The molecule has 0 saturated heterocycles. The zero-order valence-electron chi connectivity index (χ0n) is 11.6. The summed E-state index contributed by atoms with van der Waals surface area (Å²) in [7, 11) is 3.00. The Bertz CT molecular complexity index is 620. The molecular formula is C15H17NO3. The number of fused-ring (bicyclic) bond motifs is 1. The van der Waals surface area contributed by atoms with Gasteiger partial charge in [0.05, 0.1) is 19.9 Å². The Hall–Kier alpha value is -2.10. The maximum Gasteiger partial charge on any atom is 0.317 e. The molecule has 0 saturated carbocycles. The summed E-state index contributed by atoms with van der Waals surface area (Å²) in [4.78, 5) is 16.3. The topological polar surface area (TPSA) is 48.4 Å². The highest BCUT2D eigenvalue weighted by Crippen LogP contribution is 2.31. The summed E-state index contributed by atoms with van der Waals surface area (Å²) in [5.41, 5.74) is -0.114. The molecule has 0 aliphatic heterocycles. The van der Waals surface area contributed by atoms with Gasteiger partial charge in [0.2, 0.25) is 0 Å². The highest BCUT2D eigenvalue weighted by atomic mass is 16.5. The van der Waals surface area contributed by atoms with Crippen LogP contribution in [0.2, 0.25) is 0 Å². The van der Waals surface area contributed by atoms with Gasteiger partial charge in [-0.2, -0.15) is 0 Å². The molecule has 4 nitrogen and oxygen atoms in total. The Morgan fingerprint density at radius 3 is 2.58 bits per heavy atom. The predicted octanol–water partition coefficient (Wildman–Crippen LogP) is 2.69. The number of carbonyl (C=O) groups excluding carboxylic acids is 1. The fourth-order valence-electron chi connectivity index (χ4n) is 2.12. The fourth-order valence-corrected chi connectivity index (χ4v) is 2.12. The van der Waals surface area contributed by atoms with Crippen molar-refractivity contribution in [1.29, 1.82) is 0 Å². The maximum atomic E-state index is 11.9. The van der Waals surface area contributed by atoms with Gasteiger partial charge in [-0.3, -0.25) is 9.78 Å². The maximum absolute atomic E-state index is 11.9. The van der Waals surface area contributed by atoms with E-state index >= 15 is 0 Å². The van der Waals surface area contributed by atoms with Crippen LogP contribution in [0, 0.1) is 0 Å². The van der Waals surface area contributed by atoms with Gasteiger partial charge in [0, 0.05) is 11.6 Å². The molecule has 1 aromatic carbocycles. The lowest BCUT2D eigenvalue weighted by molar-refractivity contribution is -0.146. The van der Waals surface area contributed by atoms with Gasteiger partial charge < -0.3 is 9.47 Å². The molecular weight excluding hydrogens is 242 g/mol. The van der Waals surface area contributed by atoms with Crippen LogP contribution in [0.1, 0.15) is 19.5 Å². The van der Waals surface area contributed by atoms with E-state index in [0.29, 0.717) is 5.69 Å². The lowest BCUT2D eigenvalue weighted by Gasteiger charge is -2.22. The molecule has 1 aromatic heterocycles. The third-order valence-electron chi connectivity index (χ3n) is 3.26. The summed E-state index contributed by atoms with van der Waals surface area (Å²) in [6, 6.07) is 7.64. The number of esters is 1. The van der Waals surface area contributed by atoms with Crippen LogP contribution in [0.15, 0.2) is 30.5 Å². The molecule has 1 heterocycles. The van der Waals surface area contributed by atoms with E-state index in [-0.39, 0.29) is 5.97 Å². The van der Waals surface area contributed by atoms with Crippen LogP contribution in [0.5, 0.6) is 5.75 Å². The van der Waals surface area contributed by atoms with Crippen molar-refractivity contribution in [3.8, 4) is 5.75 Å². The van der Waals surface area contributed by atoms with Crippen LogP contribution in [-0.2, 0) is 14.9 Å².